The molecule has 3 rings (SSSR count). The zero-order valence-corrected chi connectivity index (χ0v) is 22.5. The number of aliphatic hydroxyl groups is 1. The van der Waals surface area contributed by atoms with Crippen molar-refractivity contribution < 1.29 is 24.1 Å². The van der Waals surface area contributed by atoms with Gasteiger partial charge in [-0.2, -0.15) is 5.26 Å². The second-order valence-corrected chi connectivity index (χ2v) is 10.2. The summed E-state index contributed by atoms with van der Waals surface area (Å²) in [4.78, 5) is 14.2. The van der Waals surface area contributed by atoms with Gasteiger partial charge in [-0.25, -0.2) is 0 Å². The van der Waals surface area contributed by atoms with Gasteiger partial charge in [-0.05, 0) is 81.3 Å². The van der Waals surface area contributed by atoms with Crippen LogP contribution in [0.4, 0.5) is 0 Å². The first kappa shape index (κ1) is 28.6. The van der Waals surface area contributed by atoms with E-state index in [2.05, 4.69) is 42.2 Å². The monoisotopic (exact) mass is 508 g/mol. The van der Waals surface area contributed by atoms with Crippen LogP contribution >= 0.6 is 0 Å². The first-order chi connectivity index (χ1) is 17.8. The van der Waals surface area contributed by atoms with Crippen molar-refractivity contribution in [1.29, 1.82) is 5.26 Å². The number of methoxy groups -OCH3 is 1. The first-order valence-corrected chi connectivity index (χ1v) is 13.1. The average molecular weight is 509 g/mol. The molecule has 0 amide bonds. The Morgan fingerprint density at radius 2 is 1.86 bits per heavy atom. The van der Waals surface area contributed by atoms with Crippen LogP contribution in [-0.2, 0) is 33.5 Å². The standard InChI is InChI=1S/C30H40N2O5/c1-21(13-24-14-25-7-5-6-8-26(25)15-24)32(3)18-28(33)20-36-29-16-23(9-11-27(29)17-31)10-12-30(34)37-22(2)19-35-4/h5-9,11,16,21-22,24,28,33H,10,12-15,18-20H2,1-4H3/t21?,22?,28-/m1/s1. The molecule has 0 aromatic heterocycles. The Bertz CT molecular complexity index is 1040. The van der Waals surface area contributed by atoms with E-state index in [1.165, 1.54) is 11.1 Å². The quantitative estimate of drug-likeness (QED) is 0.387. The predicted molar refractivity (Wildman–Crippen MR) is 142 cm³/mol. The lowest BCUT2D eigenvalue weighted by Gasteiger charge is -2.29. The summed E-state index contributed by atoms with van der Waals surface area (Å²) in [6, 6.07) is 16.4. The van der Waals surface area contributed by atoms with E-state index in [9.17, 15) is 15.2 Å². The summed E-state index contributed by atoms with van der Waals surface area (Å²) in [5, 5.41) is 20.1. The second-order valence-electron chi connectivity index (χ2n) is 10.2. The molecule has 1 aliphatic carbocycles. The molecule has 37 heavy (non-hydrogen) atoms. The summed E-state index contributed by atoms with van der Waals surface area (Å²) in [6.45, 7) is 4.90. The fourth-order valence-corrected chi connectivity index (χ4v) is 4.96. The number of aliphatic hydroxyl groups excluding tert-OH is 1. The fraction of sp³-hybridized carbons (Fsp3) is 0.533. The van der Waals surface area contributed by atoms with Gasteiger partial charge in [-0.1, -0.05) is 30.3 Å². The first-order valence-electron chi connectivity index (χ1n) is 13.1. The molecule has 2 aromatic rings. The number of aryl methyl sites for hydroxylation is 1. The van der Waals surface area contributed by atoms with Crippen molar-refractivity contribution in [1.82, 2.24) is 4.90 Å². The lowest BCUT2D eigenvalue weighted by molar-refractivity contribution is -0.150. The molecule has 0 aliphatic heterocycles. The van der Waals surface area contributed by atoms with Crippen molar-refractivity contribution in [3.63, 3.8) is 0 Å². The van der Waals surface area contributed by atoms with Crippen molar-refractivity contribution in [3.05, 3.63) is 64.7 Å². The Balaban J connectivity index is 1.45. The maximum atomic E-state index is 12.0. The molecule has 0 fully saturated rings. The Hall–Kier alpha value is -2.92. The van der Waals surface area contributed by atoms with Gasteiger partial charge in [0.15, 0.2) is 0 Å². The normalized spacial score (nSPS) is 15.6. The molecule has 200 valence electrons. The van der Waals surface area contributed by atoms with Crippen molar-refractivity contribution in [2.24, 2.45) is 5.92 Å². The minimum absolute atomic E-state index is 0.0840. The van der Waals surface area contributed by atoms with E-state index in [1.54, 1.807) is 26.2 Å². The van der Waals surface area contributed by atoms with Gasteiger partial charge in [0, 0.05) is 26.1 Å². The van der Waals surface area contributed by atoms with E-state index in [0.717, 1.165) is 24.8 Å². The van der Waals surface area contributed by atoms with Gasteiger partial charge in [0.25, 0.3) is 0 Å². The summed E-state index contributed by atoms with van der Waals surface area (Å²) >= 11 is 0. The average Bonchev–Trinajstić information content (AvgIpc) is 3.28. The molecule has 0 saturated carbocycles. The molecular formula is C30H40N2O5. The third-order valence-corrected chi connectivity index (χ3v) is 7.01. The maximum Gasteiger partial charge on any atom is 0.306 e. The highest BCUT2D eigenvalue weighted by molar-refractivity contribution is 5.70. The molecule has 2 unspecified atom stereocenters. The number of benzene rings is 2. The highest BCUT2D eigenvalue weighted by Crippen LogP contribution is 2.30. The Kier molecular flexibility index (Phi) is 10.9. The number of fused-ring (bicyclic) bond motifs is 1. The highest BCUT2D eigenvalue weighted by Gasteiger charge is 2.25. The van der Waals surface area contributed by atoms with Crippen molar-refractivity contribution in [2.45, 2.75) is 64.2 Å². The largest absolute Gasteiger partial charge is 0.489 e. The number of hydrogen-bond acceptors (Lipinski definition) is 7. The number of rotatable bonds is 14. The zero-order chi connectivity index (χ0) is 26.8. The molecule has 7 nitrogen and oxygen atoms in total. The van der Waals surface area contributed by atoms with E-state index in [0.29, 0.717) is 42.8 Å². The van der Waals surface area contributed by atoms with E-state index in [1.807, 2.05) is 13.1 Å². The Labute approximate surface area is 221 Å². The molecule has 0 bridgehead atoms. The second kappa shape index (κ2) is 14.1. The van der Waals surface area contributed by atoms with Crippen molar-refractivity contribution in [2.75, 3.05) is 33.9 Å². The van der Waals surface area contributed by atoms with E-state index in [4.69, 9.17) is 14.2 Å². The number of carbonyl (C=O) groups excluding carboxylic acids is 1. The molecular weight excluding hydrogens is 468 g/mol. The van der Waals surface area contributed by atoms with Crippen LogP contribution in [-0.4, -0.2) is 68.1 Å². The topological polar surface area (TPSA) is 92.0 Å². The Morgan fingerprint density at radius 1 is 1.16 bits per heavy atom. The van der Waals surface area contributed by atoms with Crippen LogP contribution < -0.4 is 4.74 Å². The van der Waals surface area contributed by atoms with E-state index >= 15 is 0 Å². The van der Waals surface area contributed by atoms with Gasteiger partial charge >= 0.3 is 5.97 Å². The number of ether oxygens (including phenoxy) is 3. The van der Waals surface area contributed by atoms with Crippen LogP contribution in [0.25, 0.3) is 0 Å². The molecule has 7 heteroatoms. The molecule has 0 radical (unpaired) electrons. The number of esters is 1. The predicted octanol–water partition coefficient (Wildman–Crippen LogP) is 3.93. The van der Waals surface area contributed by atoms with Gasteiger partial charge in [-0.15, -0.1) is 0 Å². The van der Waals surface area contributed by atoms with Gasteiger partial charge in [-0.3, -0.25) is 4.79 Å². The SMILES string of the molecule is COCC(C)OC(=O)CCc1ccc(C#N)c(OC[C@H](O)CN(C)C(C)CC2Cc3ccccc3C2)c1. The molecule has 0 heterocycles. The lowest BCUT2D eigenvalue weighted by atomic mass is 9.97. The lowest BCUT2D eigenvalue weighted by Crippen LogP contribution is -2.39. The number of nitrogens with zero attached hydrogens (tertiary/aromatic N) is 2. The van der Waals surface area contributed by atoms with E-state index < -0.39 is 6.10 Å². The molecule has 1 aliphatic rings. The summed E-state index contributed by atoms with van der Waals surface area (Å²) in [5.74, 6) is 0.745. The van der Waals surface area contributed by atoms with Crippen LogP contribution in [0, 0.1) is 17.2 Å². The highest BCUT2D eigenvalue weighted by atomic mass is 16.6. The van der Waals surface area contributed by atoms with Gasteiger partial charge in [0.2, 0.25) is 0 Å². The molecule has 0 spiro atoms. The van der Waals surface area contributed by atoms with Gasteiger partial charge < -0.3 is 24.2 Å². The fourth-order valence-electron chi connectivity index (χ4n) is 4.96. The zero-order valence-electron chi connectivity index (χ0n) is 22.5. The van der Waals surface area contributed by atoms with Crippen LogP contribution in [0.15, 0.2) is 42.5 Å². The van der Waals surface area contributed by atoms with E-state index in [-0.39, 0.29) is 25.1 Å². The molecule has 1 N–H and O–H groups in total. The number of likely N-dealkylation sites (N-methyl/N-ethyl adjacent to an activating group) is 1. The third-order valence-electron chi connectivity index (χ3n) is 7.01. The molecule has 0 saturated heterocycles. The van der Waals surface area contributed by atoms with Crippen molar-refractivity contribution >= 4 is 5.97 Å². The third kappa shape index (κ3) is 8.85. The van der Waals surface area contributed by atoms with Crippen LogP contribution in [0.3, 0.4) is 0 Å². The van der Waals surface area contributed by atoms with Crippen LogP contribution in [0.2, 0.25) is 0 Å². The minimum atomic E-state index is -0.694. The summed E-state index contributed by atoms with van der Waals surface area (Å²) in [6.07, 6.45) is 3.01. The Morgan fingerprint density at radius 3 is 2.51 bits per heavy atom. The smallest absolute Gasteiger partial charge is 0.306 e. The van der Waals surface area contributed by atoms with Gasteiger partial charge in [0.1, 0.15) is 30.6 Å². The number of carbonyl (C=O) groups is 1. The maximum absolute atomic E-state index is 12.0. The van der Waals surface area contributed by atoms with Gasteiger partial charge in [0.05, 0.1) is 12.2 Å². The minimum Gasteiger partial charge on any atom is -0.489 e. The molecule has 3 atom stereocenters. The summed E-state index contributed by atoms with van der Waals surface area (Å²) in [5.41, 5.74) is 4.19. The number of nitriles is 1. The van der Waals surface area contributed by atoms with Crippen LogP contribution in [0.1, 0.15) is 48.9 Å². The molecule has 2 aromatic carbocycles. The number of hydrogen-bond donors (Lipinski definition) is 1. The summed E-state index contributed by atoms with van der Waals surface area (Å²) < 4.78 is 16.1. The van der Waals surface area contributed by atoms with Crippen molar-refractivity contribution in [3.8, 4) is 11.8 Å². The van der Waals surface area contributed by atoms with Crippen LogP contribution in [0.5, 0.6) is 5.75 Å². The summed E-state index contributed by atoms with van der Waals surface area (Å²) in [7, 11) is 3.60.